The minimum absolute atomic E-state index is 0.0599. The molecule has 1 amide bonds. The highest BCUT2D eigenvalue weighted by atomic mass is 31.2. The minimum atomic E-state index is -5.10. The van der Waals surface area contributed by atoms with Crippen LogP contribution in [0, 0.1) is 0 Å². The third-order valence-electron chi connectivity index (χ3n) is 12.1. The highest BCUT2D eigenvalue weighted by Crippen LogP contribution is 2.49. The molecule has 2 aromatic heterocycles. The molecule has 380 valence electrons. The molecule has 5 heterocycles. The third-order valence-corrected chi connectivity index (χ3v) is 13.1. The number of H-pyrrole nitrogens is 2. The number of nitrogens with zero attached hydrogens (tertiary/aromatic N) is 3. The van der Waals surface area contributed by atoms with Crippen LogP contribution in [0.2, 0.25) is 0 Å². The Kier molecular flexibility index (Phi) is 19.7. The molecule has 0 spiro atoms. The van der Waals surface area contributed by atoms with E-state index in [0.717, 1.165) is 33.7 Å². The molecule has 67 heavy (non-hydrogen) atoms. The number of aliphatic hydroxyl groups is 4. The molecule has 17 N–H and O–H groups in total. The Balaban J connectivity index is 0.00000111. The van der Waals surface area contributed by atoms with Crippen molar-refractivity contribution in [2.24, 2.45) is 22.9 Å². The van der Waals surface area contributed by atoms with Crippen molar-refractivity contribution >= 4 is 13.7 Å². The molecule has 4 fully saturated rings. The molecular weight excluding hydrogens is 913 g/mol. The fourth-order valence-electron chi connectivity index (χ4n) is 8.21. The van der Waals surface area contributed by atoms with Gasteiger partial charge in [0, 0.05) is 69.1 Å². The Bertz CT molecular complexity index is 2190. The van der Waals surface area contributed by atoms with Crippen LogP contribution >= 0.6 is 7.82 Å². The number of nitrogens with two attached hydrogens (primary N) is 4. The number of ether oxygens (including phenoxy) is 4. The van der Waals surface area contributed by atoms with E-state index < -0.39 is 141 Å². The van der Waals surface area contributed by atoms with E-state index in [1.165, 1.54) is 19.6 Å². The summed E-state index contributed by atoms with van der Waals surface area (Å²) in [5.41, 5.74) is 21.2. The molecule has 28 nitrogen and oxygen atoms in total. The van der Waals surface area contributed by atoms with Crippen LogP contribution in [0.5, 0.6) is 0 Å². The van der Waals surface area contributed by atoms with Crippen molar-refractivity contribution in [3.63, 3.8) is 0 Å². The quantitative estimate of drug-likeness (QED) is 0.0488. The minimum Gasteiger partial charge on any atom is -0.390 e. The molecule has 1 unspecified atom stereocenters. The molecule has 1 aliphatic carbocycles. The van der Waals surface area contributed by atoms with E-state index in [4.69, 9.17) is 50.9 Å². The SMILES string of the molecule is CCN(CC)CC.NC[C@H]1O[C@H](O[C@H]2[C@@H](NCCNC(=O)[C@H]3O[C@@H](n4ccc(=O)[nH]c4=O)C[C@@H]3OP(=O)(O)OC[C@H]3O[C@@H](n4ccc(=O)[nH]c4=O)C[C@@H]3O)[C@@H](O)[C@H](N)C[C@@H]2N)[C@H](N)[C@@H](O)[C@@H]1O. The van der Waals surface area contributed by atoms with E-state index in [2.05, 4.69) is 41.3 Å². The Morgan fingerprint density at radius 2 is 1.43 bits per heavy atom. The van der Waals surface area contributed by atoms with Crippen LogP contribution < -0.4 is 56.1 Å². The average molecular weight is 980 g/mol. The summed E-state index contributed by atoms with van der Waals surface area (Å²) in [6, 6.07) is -1.66. The van der Waals surface area contributed by atoms with Gasteiger partial charge in [-0.1, -0.05) is 20.8 Å². The zero-order valence-corrected chi connectivity index (χ0v) is 38.2. The normalized spacial score (nSPS) is 35.2. The maximum absolute atomic E-state index is 13.6. The fraction of sp³-hybridized carbons (Fsp3) is 0.763. The van der Waals surface area contributed by atoms with Gasteiger partial charge in [-0.05, 0) is 26.1 Å². The standard InChI is InChI=1S/C32H51N10O17P.C6H15N/c33-10-16-25(47)26(48)22(36)30(56-16)58-27-13(35)7-12(34)24(46)23(27)37-3-4-38-29(49)28-15(9-21(57-28)42-6-2-19(45)40-32(42)51)59-60(52,53)54-11-17-14(43)8-20(55-17)41-5-1-18(44)39-31(41)50;1-4-7(5-2)6-3/h1-2,5-6,12-17,20-28,30,37,43,46-48H,3-4,7-11,33-36H2,(H,38,49)(H,52,53)(H,39,44,50)(H,40,45,51);4-6H2,1-3H3/t12-,13+,14+,15+,16-,17-,20-,21-,22-,23+,24+,25-,26-,27-,28+,30-;/m1./s1. The summed E-state index contributed by atoms with van der Waals surface area (Å²) in [5.74, 6) is -0.877. The summed E-state index contributed by atoms with van der Waals surface area (Å²) in [7, 11) is -5.10. The van der Waals surface area contributed by atoms with Crippen molar-refractivity contribution in [3.05, 3.63) is 66.2 Å². The van der Waals surface area contributed by atoms with E-state index in [9.17, 15) is 53.9 Å². The van der Waals surface area contributed by atoms with E-state index in [-0.39, 0.29) is 38.9 Å². The summed E-state index contributed by atoms with van der Waals surface area (Å²) in [4.78, 5) is 78.7. The maximum atomic E-state index is 13.6. The van der Waals surface area contributed by atoms with E-state index in [0.29, 0.717) is 0 Å². The van der Waals surface area contributed by atoms with Crippen molar-refractivity contribution in [3.8, 4) is 0 Å². The van der Waals surface area contributed by atoms with Gasteiger partial charge >= 0.3 is 19.2 Å². The molecule has 29 heteroatoms. The van der Waals surface area contributed by atoms with Gasteiger partial charge in [0.2, 0.25) is 0 Å². The molecule has 0 aromatic carbocycles. The lowest BCUT2D eigenvalue weighted by molar-refractivity contribution is -0.279. The van der Waals surface area contributed by atoms with Gasteiger partial charge in [-0.15, -0.1) is 0 Å². The molecule has 0 radical (unpaired) electrons. The molecule has 0 bridgehead atoms. The second-order valence-electron chi connectivity index (χ2n) is 16.5. The van der Waals surface area contributed by atoms with E-state index >= 15 is 0 Å². The predicted octanol–water partition coefficient (Wildman–Crippen LogP) is -6.52. The van der Waals surface area contributed by atoms with E-state index in [1.54, 1.807) is 0 Å². The highest BCUT2D eigenvalue weighted by Gasteiger charge is 2.49. The summed E-state index contributed by atoms with van der Waals surface area (Å²) in [6.07, 6.45) is -13.5. The molecule has 3 aliphatic heterocycles. The Morgan fingerprint density at radius 3 is 1.99 bits per heavy atom. The van der Waals surface area contributed by atoms with Gasteiger partial charge in [0.15, 0.2) is 12.4 Å². The lowest BCUT2D eigenvalue weighted by Gasteiger charge is -2.47. The van der Waals surface area contributed by atoms with Crippen molar-refractivity contribution in [2.75, 3.05) is 45.9 Å². The first-order chi connectivity index (χ1) is 31.7. The number of carbonyl (C=O) groups excluding carboxylic acids is 1. The number of hydrogen-bond acceptors (Lipinski definition) is 22. The van der Waals surface area contributed by atoms with Gasteiger partial charge in [0.05, 0.1) is 37.0 Å². The van der Waals surface area contributed by atoms with Crippen molar-refractivity contribution in [1.82, 2.24) is 34.6 Å². The fourth-order valence-corrected chi connectivity index (χ4v) is 9.15. The summed E-state index contributed by atoms with van der Waals surface area (Å²) < 4.78 is 48.9. The summed E-state index contributed by atoms with van der Waals surface area (Å²) >= 11 is 0. The van der Waals surface area contributed by atoms with E-state index in [1.807, 2.05) is 4.98 Å². The summed E-state index contributed by atoms with van der Waals surface area (Å²) in [5, 5.41) is 47.9. The Morgan fingerprint density at radius 1 is 0.836 bits per heavy atom. The number of carbonyl (C=O) groups is 1. The third kappa shape index (κ3) is 13.8. The van der Waals surface area contributed by atoms with Crippen LogP contribution in [0.15, 0.2) is 43.7 Å². The van der Waals surface area contributed by atoms with Gasteiger partial charge in [0.25, 0.3) is 17.0 Å². The van der Waals surface area contributed by atoms with Gasteiger partial charge < -0.3 is 82.7 Å². The molecule has 6 rings (SSSR count). The number of aromatic amines is 2. The van der Waals surface area contributed by atoms with Crippen LogP contribution in [0.25, 0.3) is 0 Å². The molecule has 17 atom stereocenters. The summed E-state index contributed by atoms with van der Waals surface area (Å²) in [6.45, 7) is 9.01. The van der Waals surface area contributed by atoms with Crippen LogP contribution in [0.1, 0.15) is 52.5 Å². The van der Waals surface area contributed by atoms with Gasteiger partial charge in [-0.2, -0.15) is 0 Å². The monoisotopic (exact) mass is 979 g/mol. The van der Waals surface area contributed by atoms with Crippen LogP contribution in [-0.4, -0.2) is 186 Å². The molecule has 4 aliphatic rings. The van der Waals surface area contributed by atoms with Gasteiger partial charge in [0.1, 0.15) is 43.0 Å². The number of nitrogens with one attached hydrogen (secondary N) is 4. The number of rotatable bonds is 18. The number of phosphoric acid groups is 1. The van der Waals surface area contributed by atoms with Gasteiger partial charge in [-0.3, -0.25) is 42.5 Å². The second-order valence-corrected chi connectivity index (χ2v) is 17.9. The van der Waals surface area contributed by atoms with Crippen molar-refractivity contribution in [2.45, 2.75) is 138 Å². The van der Waals surface area contributed by atoms with Crippen LogP contribution in [0.4, 0.5) is 0 Å². The van der Waals surface area contributed by atoms with Gasteiger partial charge in [-0.25, -0.2) is 14.2 Å². The molecular formula is C38H66N11O17P. The lowest BCUT2D eigenvalue weighted by atomic mass is 9.82. The number of aromatic nitrogens is 4. The average Bonchev–Trinajstić information content (AvgIpc) is 3.87. The van der Waals surface area contributed by atoms with Crippen LogP contribution in [0.3, 0.4) is 0 Å². The number of hydrogen-bond donors (Lipinski definition) is 13. The second kappa shape index (κ2) is 24.3. The number of aliphatic hydroxyl groups excluding tert-OH is 4. The maximum Gasteiger partial charge on any atom is 0.472 e. The Hall–Kier alpha value is -3.62. The molecule has 2 aromatic rings. The highest BCUT2D eigenvalue weighted by molar-refractivity contribution is 7.47. The van der Waals surface area contributed by atoms with Crippen molar-refractivity contribution < 1.29 is 62.7 Å². The molecule has 1 saturated carbocycles. The first-order valence-electron chi connectivity index (χ1n) is 22.0. The number of phosphoric ester groups is 1. The first-order valence-corrected chi connectivity index (χ1v) is 23.5. The van der Waals surface area contributed by atoms with Crippen LogP contribution in [-0.2, 0) is 37.4 Å². The zero-order chi connectivity index (χ0) is 49.3. The Labute approximate surface area is 383 Å². The topological polar surface area (TPSA) is 432 Å². The zero-order valence-electron chi connectivity index (χ0n) is 37.4. The predicted molar refractivity (Wildman–Crippen MR) is 234 cm³/mol. The first kappa shape index (κ1) is 54.3. The smallest absolute Gasteiger partial charge is 0.390 e. The largest absolute Gasteiger partial charge is 0.472 e. The number of amides is 1. The molecule has 3 saturated heterocycles. The van der Waals surface area contributed by atoms with Crippen molar-refractivity contribution in [1.29, 1.82) is 0 Å². The lowest BCUT2D eigenvalue weighted by Crippen LogP contribution is -2.70.